The Bertz CT molecular complexity index is 575. The molecule has 0 atom stereocenters. The first-order chi connectivity index (χ1) is 8.18. The van der Waals surface area contributed by atoms with Gasteiger partial charge >= 0.3 is 6.18 Å². The van der Waals surface area contributed by atoms with E-state index in [1.807, 2.05) is 0 Å². The summed E-state index contributed by atoms with van der Waals surface area (Å²) < 4.78 is 38.0. The Morgan fingerprint density at radius 3 is 2.33 bits per heavy atom. The zero-order valence-electron chi connectivity index (χ0n) is 8.49. The highest BCUT2D eigenvalue weighted by atomic mass is 19.4. The SMILES string of the molecule is N#Cc1cc([N+](=O)[O-])cc(C(N)=O)c1C(F)(F)F. The van der Waals surface area contributed by atoms with Crippen LogP contribution in [0.1, 0.15) is 21.5 Å². The van der Waals surface area contributed by atoms with Crippen LogP contribution < -0.4 is 5.73 Å². The van der Waals surface area contributed by atoms with E-state index >= 15 is 0 Å². The van der Waals surface area contributed by atoms with Crippen molar-refractivity contribution in [2.75, 3.05) is 0 Å². The van der Waals surface area contributed by atoms with E-state index in [1.165, 1.54) is 0 Å². The van der Waals surface area contributed by atoms with Crippen molar-refractivity contribution in [2.24, 2.45) is 5.73 Å². The number of nitro groups is 1. The first kappa shape index (κ1) is 13.4. The lowest BCUT2D eigenvalue weighted by Crippen LogP contribution is -2.20. The molecule has 0 aliphatic carbocycles. The van der Waals surface area contributed by atoms with E-state index in [4.69, 9.17) is 11.0 Å². The number of carbonyl (C=O) groups is 1. The molecule has 18 heavy (non-hydrogen) atoms. The molecule has 0 aromatic heterocycles. The summed E-state index contributed by atoms with van der Waals surface area (Å²) in [6, 6.07) is 2.00. The lowest BCUT2D eigenvalue weighted by molar-refractivity contribution is -0.384. The fourth-order valence-corrected chi connectivity index (χ4v) is 1.32. The van der Waals surface area contributed by atoms with Crippen molar-refractivity contribution in [2.45, 2.75) is 6.18 Å². The van der Waals surface area contributed by atoms with Crippen molar-refractivity contribution >= 4 is 11.6 Å². The van der Waals surface area contributed by atoms with Crippen molar-refractivity contribution in [3.05, 3.63) is 38.9 Å². The van der Waals surface area contributed by atoms with E-state index in [2.05, 4.69) is 0 Å². The number of nitrogens with two attached hydrogens (primary N) is 1. The van der Waals surface area contributed by atoms with Gasteiger partial charge in [-0.1, -0.05) is 0 Å². The maximum atomic E-state index is 12.7. The van der Waals surface area contributed by atoms with Crippen LogP contribution in [-0.2, 0) is 6.18 Å². The highest BCUT2D eigenvalue weighted by Gasteiger charge is 2.39. The monoisotopic (exact) mass is 259 g/mol. The summed E-state index contributed by atoms with van der Waals surface area (Å²) in [7, 11) is 0. The highest BCUT2D eigenvalue weighted by Crippen LogP contribution is 2.36. The molecular formula is C9H4F3N3O3. The van der Waals surface area contributed by atoms with Crippen molar-refractivity contribution in [1.29, 1.82) is 5.26 Å². The van der Waals surface area contributed by atoms with E-state index in [0.29, 0.717) is 12.1 Å². The van der Waals surface area contributed by atoms with E-state index in [-0.39, 0.29) is 0 Å². The molecular weight excluding hydrogens is 255 g/mol. The Morgan fingerprint density at radius 1 is 1.44 bits per heavy atom. The van der Waals surface area contributed by atoms with Crippen molar-refractivity contribution in [3.8, 4) is 6.07 Å². The number of nitro benzene ring substituents is 1. The molecule has 1 rings (SSSR count). The average Bonchev–Trinajstić information content (AvgIpc) is 2.25. The Labute approximate surface area is 97.6 Å². The van der Waals surface area contributed by atoms with Crippen LogP contribution in [-0.4, -0.2) is 10.8 Å². The van der Waals surface area contributed by atoms with Gasteiger partial charge in [-0.3, -0.25) is 14.9 Å². The highest BCUT2D eigenvalue weighted by molar-refractivity contribution is 5.96. The smallest absolute Gasteiger partial charge is 0.366 e. The molecule has 0 bridgehead atoms. The molecule has 0 saturated carbocycles. The number of halogens is 3. The largest absolute Gasteiger partial charge is 0.418 e. The molecule has 0 aliphatic rings. The molecule has 2 N–H and O–H groups in total. The molecule has 0 heterocycles. The average molecular weight is 259 g/mol. The minimum atomic E-state index is -5.01. The molecule has 1 aromatic rings. The molecule has 0 fully saturated rings. The number of rotatable bonds is 2. The number of nitrogens with zero attached hydrogens (tertiary/aromatic N) is 2. The molecule has 0 radical (unpaired) electrons. The second-order valence-electron chi connectivity index (χ2n) is 3.15. The molecule has 0 spiro atoms. The lowest BCUT2D eigenvalue weighted by Gasteiger charge is -2.12. The van der Waals surface area contributed by atoms with E-state index in [1.54, 1.807) is 0 Å². The number of primary amides is 1. The standard InChI is InChI=1S/C9H4F3N3O3/c10-9(11,12)7-4(3-13)1-5(15(17)18)2-6(7)8(14)16/h1-2H,(H2,14,16). The summed E-state index contributed by atoms with van der Waals surface area (Å²) in [5, 5.41) is 19.0. The van der Waals surface area contributed by atoms with Gasteiger partial charge < -0.3 is 5.73 Å². The molecule has 9 heteroatoms. The summed E-state index contributed by atoms with van der Waals surface area (Å²) in [6.07, 6.45) is -5.01. The lowest BCUT2D eigenvalue weighted by atomic mass is 9.99. The summed E-state index contributed by atoms with van der Waals surface area (Å²) in [5.74, 6) is -1.50. The molecule has 1 amide bonds. The molecule has 1 aromatic carbocycles. The maximum Gasteiger partial charge on any atom is 0.418 e. The topological polar surface area (TPSA) is 110 Å². The molecule has 6 nitrogen and oxygen atoms in total. The van der Waals surface area contributed by atoms with Crippen LogP contribution in [0.4, 0.5) is 18.9 Å². The van der Waals surface area contributed by atoms with Gasteiger partial charge in [0.25, 0.3) is 5.69 Å². The fraction of sp³-hybridized carbons (Fsp3) is 0.111. The summed E-state index contributed by atoms with van der Waals surface area (Å²) >= 11 is 0. The van der Waals surface area contributed by atoms with Gasteiger partial charge in [-0.05, 0) is 0 Å². The van der Waals surface area contributed by atoms with Crippen LogP contribution in [0, 0.1) is 21.4 Å². The van der Waals surface area contributed by atoms with Gasteiger partial charge in [0.2, 0.25) is 5.91 Å². The minimum absolute atomic E-state index is 0.395. The molecule has 0 saturated heterocycles. The predicted molar refractivity (Wildman–Crippen MR) is 51.3 cm³/mol. The molecule has 0 unspecified atom stereocenters. The number of hydrogen-bond acceptors (Lipinski definition) is 4. The first-order valence-electron chi connectivity index (χ1n) is 4.28. The van der Waals surface area contributed by atoms with E-state index in [0.717, 1.165) is 6.07 Å². The van der Waals surface area contributed by atoms with Crippen LogP contribution in [0.5, 0.6) is 0 Å². The van der Waals surface area contributed by atoms with Crippen LogP contribution in [0.15, 0.2) is 12.1 Å². The number of non-ortho nitro benzene ring substituents is 1. The van der Waals surface area contributed by atoms with Gasteiger partial charge in [0, 0.05) is 12.1 Å². The second kappa shape index (κ2) is 4.33. The maximum absolute atomic E-state index is 12.7. The van der Waals surface area contributed by atoms with Gasteiger partial charge in [-0.25, -0.2) is 0 Å². The predicted octanol–water partition coefficient (Wildman–Crippen LogP) is 1.58. The van der Waals surface area contributed by atoms with Gasteiger partial charge in [0.1, 0.15) is 6.07 Å². The first-order valence-corrected chi connectivity index (χ1v) is 4.28. The number of amides is 1. The Morgan fingerprint density at radius 2 is 2.00 bits per heavy atom. The van der Waals surface area contributed by atoms with Gasteiger partial charge in [-0.15, -0.1) is 0 Å². The summed E-state index contributed by atoms with van der Waals surface area (Å²) in [6.45, 7) is 0. The summed E-state index contributed by atoms with van der Waals surface area (Å²) in [5.41, 5.74) is 0.228. The number of alkyl halides is 3. The van der Waals surface area contributed by atoms with Crippen LogP contribution in [0.25, 0.3) is 0 Å². The Hall–Kier alpha value is -2.63. The van der Waals surface area contributed by atoms with Crippen molar-refractivity contribution in [1.82, 2.24) is 0 Å². The van der Waals surface area contributed by atoms with Crippen LogP contribution in [0.3, 0.4) is 0 Å². The van der Waals surface area contributed by atoms with Gasteiger partial charge in [-0.2, -0.15) is 18.4 Å². The second-order valence-corrected chi connectivity index (χ2v) is 3.15. The minimum Gasteiger partial charge on any atom is -0.366 e. The quantitative estimate of drug-likeness (QED) is 0.642. The van der Waals surface area contributed by atoms with Gasteiger partial charge in [0.15, 0.2) is 0 Å². The molecule has 0 aliphatic heterocycles. The zero-order chi connectivity index (χ0) is 14.1. The van der Waals surface area contributed by atoms with E-state index in [9.17, 15) is 28.1 Å². The van der Waals surface area contributed by atoms with E-state index < -0.39 is 39.4 Å². The third kappa shape index (κ3) is 2.37. The van der Waals surface area contributed by atoms with Crippen LogP contribution in [0.2, 0.25) is 0 Å². The third-order valence-corrected chi connectivity index (χ3v) is 2.00. The normalized spacial score (nSPS) is 10.8. The van der Waals surface area contributed by atoms with Crippen molar-refractivity contribution < 1.29 is 22.9 Å². The number of benzene rings is 1. The zero-order valence-corrected chi connectivity index (χ0v) is 8.49. The number of nitriles is 1. The Kier molecular flexibility index (Phi) is 3.23. The van der Waals surface area contributed by atoms with Crippen molar-refractivity contribution in [3.63, 3.8) is 0 Å². The summed E-state index contributed by atoms with van der Waals surface area (Å²) in [4.78, 5) is 20.3. The molecule has 94 valence electrons. The third-order valence-electron chi connectivity index (χ3n) is 2.00. The van der Waals surface area contributed by atoms with Gasteiger partial charge in [0.05, 0.1) is 21.6 Å². The number of carbonyl (C=O) groups excluding carboxylic acids is 1. The number of hydrogen-bond donors (Lipinski definition) is 1. The fourth-order valence-electron chi connectivity index (χ4n) is 1.32. The Balaban J connectivity index is 3.75. The van der Waals surface area contributed by atoms with Crippen LogP contribution >= 0.6 is 0 Å².